The first-order valence-electron chi connectivity index (χ1n) is 12.8. The summed E-state index contributed by atoms with van der Waals surface area (Å²) >= 11 is 0. The Balaban J connectivity index is 1.44. The highest BCUT2D eigenvalue weighted by Gasteiger charge is 2.33. The monoisotopic (exact) mass is 462 g/mol. The van der Waals surface area contributed by atoms with Gasteiger partial charge in [0.25, 0.3) is 0 Å². The van der Waals surface area contributed by atoms with Crippen molar-refractivity contribution in [3.63, 3.8) is 0 Å². The maximum atomic E-state index is 14.8. The molecule has 0 spiro atoms. The molecule has 5 heteroatoms. The lowest BCUT2D eigenvalue weighted by atomic mass is 9.74. The van der Waals surface area contributed by atoms with Gasteiger partial charge in [-0.2, -0.15) is 4.39 Å². The van der Waals surface area contributed by atoms with Crippen LogP contribution < -0.4 is 4.74 Å². The van der Waals surface area contributed by atoms with Gasteiger partial charge in [0.15, 0.2) is 17.9 Å². The van der Waals surface area contributed by atoms with Gasteiger partial charge >= 0.3 is 0 Å². The van der Waals surface area contributed by atoms with Gasteiger partial charge in [-0.25, -0.2) is 4.39 Å². The summed E-state index contributed by atoms with van der Waals surface area (Å²) < 4.78 is 46.7. The summed E-state index contributed by atoms with van der Waals surface area (Å²) in [6, 6.07) is 3.33. The molecule has 1 aliphatic carbocycles. The number of hydrogen-bond donors (Lipinski definition) is 0. The third-order valence-corrected chi connectivity index (χ3v) is 6.99. The molecule has 184 valence electrons. The second-order valence-electron chi connectivity index (χ2n) is 9.39. The zero-order valence-corrected chi connectivity index (χ0v) is 20.1. The predicted molar refractivity (Wildman–Crippen MR) is 128 cm³/mol. The minimum atomic E-state index is -0.841. The van der Waals surface area contributed by atoms with Crippen molar-refractivity contribution in [3.05, 3.63) is 54.1 Å². The molecule has 0 aromatic heterocycles. The van der Waals surface area contributed by atoms with Crippen molar-refractivity contribution in [1.29, 1.82) is 0 Å². The minimum Gasteiger partial charge on any atom is -0.490 e. The van der Waals surface area contributed by atoms with E-state index < -0.39 is 11.6 Å². The molecule has 1 saturated heterocycles. The fourth-order valence-corrected chi connectivity index (χ4v) is 4.92. The van der Waals surface area contributed by atoms with E-state index in [1.807, 2.05) is 12.2 Å². The van der Waals surface area contributed by atoms with E-state index in [1.165, 1.54) is 0 Å². The normalized spacial score (nSPS) is 25.9. The van der Waals surface area contributed by atoms with E-state index in [1.54, 1.807) is 12.1 Å². The van der Waals surface area contributed by atoms with Crippen molar-refractivity contribution in [2.45, 2.75) is 83.3 Å². The molecule has 33 heavy (non-hydrogen) atoms. The number of unbranched alkanes of at least 4 members (excludes halogenated alkanes) is 4. The van der Waals surface area contributed by atoms with Gasteiger partial charge in [-0.05, 0) is 74.5 Å². The molecule has 0 N–H and O–H groups in total. The van der Waals surface area contributed by atoms with Gasteiger partial charge in [0.1, 0.15) is 0 Å². The molecular weight excluding hydrogens is 422 g/mol. The molecule has 1 heterocycles. The Morgan fingerprint density at radius 1 is 0.970 bits per heavy atom. The van der Waals surface area contributed by atoms with E-state index in [2.05, 4.69) is 19.6 Å². The highest BCUT2D eigenvalue weighted by molar-refractivity contribution is 5.33. The van der Waals surface area contributed by atoms with Crippen LogP contribution in [0.15, 0.2) is 36.9 Å². The Morgan fingerprint density at radius 2 is 1.73 bits per heavy atom. The molecule has 0 radical (unpaired) electrons. The van der Waals surface area contributed by atoms with Crippen molar-refractivity contribution in [3.8, 4) is 5.75 Å². The molecule has 1 aromatic carbocycles. The Bertz CT molecular complexity index is 748. The second-order valence-corrected chi connectivity index (χ2v) is 9.39. The number of hydrogen-bond acceptors (Lipinski definition) is 3. The molecule has 1 saturated carbocycles. The van der Waals surface area contributed by atoms with E-state index in [9.17, 15) is 8.78 Å². The molecule has 0 bridgehead atoms. The fourth-order valence-electron chi connectivity index (χ4n) is 4.92. The SMILES string of the molecule is C=CCC/C=C/C1OCC(C2CCC(c3ccc(OCCCCCC)c(F)c3F)CC2)CO1. The van der Waals surface area contributed by atoms with Crippen molar-refractivity contribution in [2.75, 3.05) is 19.8 Å². The van der Waals surface area contributed by atoms with Crippen LogP contribution in [0.5, 0.6) is 5.75 Å². The average Bonchev–Trinajstić information content (AvgIpc) is 2.85. The number of ether oxygens (including phenoxy) is 3. The van der Waals surface area contributed by atoms with Crippen LogP contribution in [0.4, 0.5) is 8.78 Å². The van der Waals surface area contributed by atoms with Crippen LogP contribution in [-0.4, -0.2) is 26.1 Å². The predicted octanol–water partition coefficient (Wildman–Crippen LogP) is 7.71. The molecule has 1 aromatic rings. The number of benzene rings is 1. The Labute approximate surface area is 198 Å². The number of halogens is 2. The summed E-state index contributed by atoms with van der Waals surface area (Å²) in [7, 11) is 0. The first-order valence-corrected chi connectivity index (χ1v) is 12.8. The van der Waals surface area contributed by atoms with E-state index in [4.69, 9.17) is 14.2 Å². The molecule has 1 aliphatic heterocycles. The summed E-state index contributed by atoms with van der Waals surface area (Å²) in [6.07, 6.45) is 15.5. The summed E-state index contributed by atoms with van der Waals surface area (Å²) in [5.74, 6) is -0.614. The second kappa shape index (κ2) is 13.9. The maximum absolute atomic E-state index is 14.8. The Morgan fingerprint density at radius 3 is 2.42 bits per heavy atom. The smallest absolute Gasteiger partial charge is 0.200 e. The van der Waals surface area contributed by atoms with Crippen LogP contribution in [0.25, 0.3) is 0 Å². The topological polar surface area (TPSA) is 27.7 Å². The van der Waals surface area contributed by atoms with Gasteiger partial charge in [-0.3, -0.25) is 0 Å². The van der Waals surface area contributed by atoms with Crippen LogP contribution in [0.3, 0.4) is 0 Å². The largest absolute Gasteiger partial charge is 0.490 e. The van der Waals surface area contributed by atoms with Gasteiger partial charge in [-0.1, -0.05) is 44.4 Å². The van der Waals surface area contributed by atoms with Crippen molar-refractivity contribution in [1.82, 2.24) is 0 Å². The van der Waals surface area contributed by atoms with Gasteiger partial charge in [-0.15, -0.1) is 6.58 Å². The highest BCUT2D eigenvalue weighted by atomic mass is 19.2. The zero-order chi connectivity index (χ0) is 23.5. The third kappa shape index (κ3) is 7.65. The van der Waals surface area contributed by atoms with E-state index in [0.717, 1.165) is 64.2 Å². The summed E-state index contributed by atoms with van der Waals surface area (Å²) in [6.45, 7) is 7.68. The molecule has 0 atom stereocenters. The standard InChI is InChI=1S/C28H40F2O3/c1-3-5-7-9-11-26-32-19-23(20-33-26)21-12-14-22(15-13-21)24-16-17-25(28(30)27(24)29)31-18-10-8-6-4-2/h3,9,11,16-17,21-23,26H,1,4-8,10,12-15,18-20H2,2H3/b11-9+. The quantitative estimate of drug-likeness (QED) is 0.235. The van der Waals surface area contributed by atoms with Gasteiger partial charge in [0, 0.05) is 5.92 Å². The lowest BCUT2D eigenvalue weighted by Gasteiger charge is -2.37. The highest BCUT2D eigenvalue weighted by Crippen LogP contribution is 2.41. The first kappa shape index (κ1) is 25.9. The number of rotatable bonds is 12. The summed E-state index contributed by atoms with van der Waals surface area (Å²) in [5.41, 5.74) is 0.491. The summed E-state index contributed by atoms with van der Waals surface area (Å²) in [5, 5.41) is 0. The molecule has 2 aliphatic rings. The van der Waals surface area contributed by atoms with E-state index >= 15 is 0 Å². The van der Waals surface area contributed by atoms with Crippen molar-refractivity contribution in [2.24, 2.45) is 11.8 Å². The van der Waals surface area contributed by atoms with Crippen LogP contribution in [0.1, 0.15) is 82.6 Å². The van der Waals surface area contributed by atoms with Crippen LogP contribution in [0.2, 0.25) is 0 Å². The van der Waals surface area contributed by atoms with E-state index in [0.29, 0.717) is 37.2 Å². The van der Waals surface area contributed by atoms with Gasteiger partial charge in [0.2, 0.25) is 5.82 Å². The van der Waals surface area contributed by atoms with Gasteiger partial charge in [0.05, 0.1) is 19.8 Å². The molecule has 0 amide bonds. The third-order valence-electron chi connectivity index (χ3n) is 6.99. The van der Waals surface area contributed by atoms with Crippen LogP contribution in [-0.2, 0) is 9.47 Å². The van der Waals surface area contributed by atoms with Crippen LogP contribution in [0, 0.1) is 23.5 Å². The molecule has 3 rings (SSSR count). The van der Waals surface area contributed by atoms with E-state index in [-0.39, 0.29) is 18.0 Å². The van der Waals surface area contributed by atoms with Crippen LogP contribution >= 0.6 is 0 Å². The minimum absolute atomic E-state index is 0.0334. The molecule has 3 nitrogen and oxygen atoms in total. The summed E-state index contributed by atoms with van der Waals surface area (Å²) in [4.78, 5) is 0. The molecular formula is C28H40F2O3. The Kier molecular flexibility index (Phi) is 10.9. The van der Waals surface area contributed by atoms with Crippen molar-refractivity contribution >= 4 is 0 Å². The zero-order valence-electron chi connectivity index (χ0n) is 20.1. The van der Waals surface area contributed by atoms with Crippen molar-refractivity contribution < 1.29 is 23.0 Å². The molecule has 2 fully saturated rings. The lowest BCUT2D eigenvalue weighted by Crippen LogP contribution is -2.36. The lowest BCUT2D eigenvalue weighted by molar-refractivity contribution is -0.185. The maximum Gasteiger partial charge on any atom is 0.200 e. The fraction of sp³-hybridized carbons (Fsp3) is 0.643. The Hall–Kier alpha value is -1.72. The average molecular weight is 463 g/mol. The van der Waals surface area contributed by atoms with Gasteiger partial charge < -0.3 is 14.2 Å². The molecule has 0 unspecified atom stereocenters. The first-order chi connectivity index (χ1) is 16.1. The number of allylic oxidation sites excluding steroid dienone is 2.